The molecule has 0 aliphatic carbocycles. The zero-order chi connectivity index (χ0) is 7.40. The Hall–Kier alpha value is -0.0000000000000000833. The lowest BCUT2D eigenvalue weighted by Crippen LogP contribution is -1.92. The number of aromatic nitrogens is 2. The third kappa shape index (κ3) is 2.32. The van der Waals surface area contributed by atoms with Crippen molar-refractivity contribution in [2.24, 2.45) is 0 Å². The molecule has 0 aliphatic heterocycles. The van der Waals surface area contributed by atoms with Crippen LogP contribution in [0.2, 0.25) is 0 Å². The highest BCUT2D eigenvalue weighted by Gasteiger charge is 1.99. The van der Waals surface area contributed by atoms with Crippen LogP contribution in [0.1, 0.15) is 5.01 Å². The molecule has 0 atom stereocenters. The van der Waals surface area contributed by atoms with E-state index in [1.54, 1.807) is 18.4 Å². The zero-order valence-electron chi connectivity index (χ0n) is 5.50. The SMILES string of the molecule is COCCc1nnc(Br)s1. The summed E-state index contributed by atoms with van der Waals surface area (Å²) in [7, 11) is 1.68. The molecule has 0 aliphatic rings. The molecule has 1 aromatic heterocycles. The second-order valence-corrected chi connectivity index (χ2v) is 4.03. The Morgan fingerprint density at radius 3 is 2.90 bits per heavy atom. The van der Waals surface area contributed by atoms with Crippen LogP contribution in [-0.2, 0) is 11.2 Å². The van der Waals surface area contributed by atoms with Crippen molar-refractivity contribution in [2.75, 3.05) is 13.7 Å². The molecule has 0 saturated carbocycles. The number of methoxy groups -OCH3 is 1. The Labute approximate surface area is 71.6 Å². The van der Waals surface area contributed by atoms with Crippen LogP contribution in [0.3, 0.4) is 0 Å². The molecule has 0 spiro atoms. The van der Waals surface area contributed by atoms with Gasteiger partial charge in [0.2, 0.25) is 0 Å². The maximum Gasteiger partial charge on any atom is 0.183 e. The minimum atomic E-state index is 0.710. The maximum absolute atomic E-state index is 4.88. The summed E-state index contributed by atoms with van der Waals surface area (Å²) in [6, 6.07) is 0. The first-order chi connectivity index (χ1) is 4.83. The largest absolute Gasteiger partial charge is 0.384 e. The van der Waals surface area contributed by atoms with E-state index in [2.05, 4.69) is 26.1 Å². The van der Waals surface area contributed by atoms with E-state index in [0.717, 1.165) is 15.3 Å². The van der Waals surface area contributed by atoms with Crippen molar-refractivity contribution in [1.29, 1.82) is 0 Å². The van der Waals surface area contributed by atoms with Gasteiger partial charge < -0.3 is 4.74 Å². The van der Waals surface area contributed by atoms with E-state index in [1.807, 2.05) is 0 Å². The number of ether oxygens (including phenoxy) is 1. The highest BCUT2D eigenvalue weighted by atomic mass is 79.9. The van der Waals surface area contributed by atoms with Gasteiger partial charge in [-0.15, -0.1) is 10.2 Å². The van der Waals surface area contributed by atoms with Gasteiger partial charge in [0, 0.05) is 13.5 Å². The van der Waals surface area contributed by atoms with Crippen molar-refractivity contribution in [3.8, 4) is 0 Å². The first-order valence-corrected chi connectivity index (χ1v) is 4.40. The van der Waals surface area contributed by atoms with E-state index in [1.165, 1.54) is 0 Å². The summed E-state index contributed by atoms with van der Waals surface area (Å²) in [5.41, 5.74) is 0. The second-order valence-electron chi connectivity index (χ2n) is 1.69. The summed E-state index contributed by atoms with van der Waals surface area (Å²) < 4.78 is 5.71. The number of hydrogen-bond acceptors (Lipinski definition) is 4. The lowest BCUT2D eigenvalue weighted by atomic mass is 10.5. The average molecular weight is 223 g/mol. The first kappa shape index (κ1) is 8.10. The predicted molar refractivity (Wildman–Crippen MR) is 43.2 cm³/mol. The van der Waals surface area contributed by atoms with Crippen LogP contribution in [0.5, 0.6) is 0 Å². The summed E-state index contributed by atoms with van der Waals surface area (Å²) >= 11 is 4.77. The van der Waals surface area contributed by atoms with Gasteiger partial charge in [0.1, 0.15) is 5.01 Å². The van der Waals surface area contributed by atoms with Crippen molar-refractivity contribution in [2.45, 2.75) is 6.42 Å². The molecule has 0 fully saturated rings. The average Bonchev–Trinajstić information content (AvgIpc) is 2.31. The van der Waals surface area contributed by atoms with Gasteiger partial charge in [-0.05, 0) is 15.9 Å². The highest BCUT2D eigenvalue weighted by molar-refractivity contribution is 9.11. The molecule has 1 rings (SSSR count). The molecule has 0 amide bonds. The lowest BCUT2D eigenvalue weighted by molar-refractivity contribution is 0.202. The molecule has 0 N–H and O–H groups in total. The minimum Gasteiger partial charge on any atom is -0.384 e. The quantitative estimate of drug-likeness (QED) is 0.778. The van der Waals surface area contributed by atoms with Crippen molar-refractivity contribution in [3.05, 3.63) is 8.92 Å². The van der Waals surface area contributed by atoms with Crippen molar-refractivity contribution in [3.63, 3.8) is 0 Å². The van der Waals surface area contributed by atoms with Crippen molar-refractivity contribution in [1.82, 2.24) is 10.2 Å². The van der Waals surface area contributed by atoms with Crippen LogP contribution in [0, 0.1) is 0 Å². The third-order valence-corrected chi connectivity index (χ3v) is 2.38. The molecule has 3 nitrogen and oxygen atoms in total. The summed E-state index contributed by atoms with van der Waals surface area (Å²) in [4.78, 5) is 0. The van der Waals surface area contributed by atoms with E-state index in [0.29, 0.717) is 6.61 Å². The monoisotopic (exact) mass is 222 g/mol. The Balaban J connectivity index is 2.42. The molecule has 1 aromatic rings. The van der Waals surface area contributed by atoms with Crippen LogP contribution < -0.4 is 0 Å². The fraction of sp³-hybridized carbons (Fsp3) is 0.600. The second kappa shape index (κ2) is 4.00. The van der Waals surface area contributed by atoms with Gasteiger partial charge in [-0.1, -0.05) is 11.3 Å². The smallest absolute Gasteiger partial charge is 0.183 e. The maximum atomic E-state index is 4.88. The fourth-order valence-electron chi connectivity index (χ4n) is 0.524. The predicted octanol–water partition coefficient (Wildman–Crippen LogP) is 1.49. The Morgan fingerprint density at radius 1 is 1.60 bits per heavy atom. The molecule has 0 unspecified atom stereocenters. The molecule has 0 saturated heterocycles. The summed E-state index contributed by atoms with van der Waals surface area (Å²) in [6.45, 7) is 0.710. The van der Waals surface area contributed by atoms with E-state index in [-0.39, 0.29) is 0 Å². The minimum absolute atomic E-state index is 0.710. The van der Waals surface area contributed by atoms with Gasteiger partial charge in [0.15, 0.2) is 3.92 Å². The first-order valence-electron chi connectivity index (χ1n) is 2.79. The van der Waals surface area contributed by atoms with Gasteiger partial charge in [-0.2, -0.15) is 0 Å². The molecular formula is C5H7BrN2OS. The topological polar surface area (TPSA) is 35.0 Å². The van der Waals surface area contributed by atoms with Gasteiger partial charge >= 0.3 is 0 Å². The van der Waals surface area contributed by atoms with Crippen molar-refractivity contribution >= 4 is 27.3 Å². The van der Waals surface area contributed by atoms with Crippen LogP contribution in [0.25, 0.3) is 0 Å². The molecule has 10 heavy (non-hydrogen) atoms. The van der Waals surface area contributed by atoms with Gasteiger partial charge in [-0.25, -0.2) is 0 Å². The molecule has 1 heterocycles. The third-order valence-electron chi connectivity index (χ3n) is 0.962. The Kier molecular flexibility index (Phi) is 3.24. The number of rotatable bonds is 3. The van der Waals surface area contributed by atoms with E-state index < -0.39 is 0 Å². The van der Waals surface area contributed by atoms with Crippen molar-refractivity contribution < 1.29 is 4.74 Å². The Morgan fingerprint density at radius 2 is 2.40 bits per heavy atom. The highest BCUT2D eigenvalue weighted by Crippen LogP contribution is 2.15. The van der Waals surface area contributed by atoms with Gasteiger partial charge in [-0.3, -0.25) is 0 Å². The van der Waals surface area contributed by atoms with Crippen LogP contribution >= 0.6 is 27.3 Å². The standard InChI is InChI=1S/C5H7BrN2OS/c1-9-3-2-4-7-8-5(6)10-4/h2-3H2,1H3. The molecule has 56 valence electrons. The summed E-state index contributed by atoms with van der Waals surface area (Å²) in [5.74, 6) is 0. The van der Waals surface area contributed by atoms with Crippen LogP contribution in [-0.4, -0.2) is 23.9 Å². The van der Waals surface area contributed by atoms with E-state index in [4.69, 9.17) is 4.74 Å². The summed E-state index contributed by atoms with van der Waals surface area (Å²) in [5, 5.41) is 8.70. The number of nitrogens with zero attached hydrogens (tertiary/aromatic N) is 2. The van der Waals surface area contributed by atoms with Gasteiger partial charge in [0.05, 0.1) is 6.61 Å². The number of halogens is 1. The van der Waals surface area contributed by atoms with E-state index in [9.17, 15) is 0 Å². The zero-order valence-corrected chi connectivity index (χ0v) is 7.91. The normalized spacial score (nSPS) is 10.2. The molecule has 0 radical (unpaired) electrons. The molecular weight excluding hydrogens is 216 g/mol. The fourth-order valence-corrected chi connectivity index (χ4v) is 1.71. The molecule has 5 heteroatoms. The molecule has 0 aromatic carbocycles. The molecule has 0 bridgehead atoms. The summed E-state index contributed by atoms with van der Waals surface area (Å²) in [6.07, 6.45) is 0.847. The Bertz CT molecular complexity index is 203. The van der Waals surface area contributed by atoms with Gasteiger partial charge in [0.25, 0.3) is 0 Å². The van der Waals surface area contributed by atoms with Crippen LogP contribution in [0.15, 0.2) is 3.92 Å². The van der Waals surface area contributed by atoms with E-state index >= 15 is 0 Å². The lowest BCUT2D eigenvalue weighted by Gasteiger charge is -1.90. The van der Waals surface area contributed by atoms with Crippen LogP contribution in [0.4, 0.5) is 0 Å². The number of hydrogen-bond donors (Lipinski definition) is 0.